The second-order valence-electron chi connectivity index (χ2n) is 5.46. The molecule has 0 aromatic rings. The molecule has 0 spiro atoms. The Morgan fingerprint density at radius 2 is 1.65 bits per heavy atom. The summed E-state index contributed by atoms with van der Waals surface area (Å²) >= 11 is 1.43. The summed E-state index contributed by atoms with van der Waals surface area (Å²) in [5.41, 5.74) is 5.52. The topological polar surface area (TPSA) is 191 Å². The quantitative estimate of drug-likeness (QED) is 0.177. The first-order valence-corrected chi connectivity index (χ1v) is 9.17. The van der Waals surface area contributed by atoms with E-state index < -0.39 is 61.1 Å². The SMILES string of the molecule is CSCCC(NC(=O)C(N)C(C)O)C(=O)NC(CO)C(=O)NCC(=O)O. The number of carboxylic acid groups (broad SMARTS) is 1. The minimum Gasteiger partial charge on any atom is -0.480 e. The number of carbonyl (C=O) groups excluding carboxylic acids is 3. The van der Waals surface area contributed by atoms with E-state index in [0.717, 1.165) is 0 Å². The normalized spacial score (nSPS) is 15.3. The van der Waals surface area contributed by atoms with Crippen molar-refractivity contribution in [3.63, 3.8) is 0 Å². The van der Waals surface area contributed by atoms with E-state index in [1.807, 2.05) is 5.32 Å². The van der Waals surface area contributed by atoms with Crippen molar-refractivity contribution in [3.8, 4) is 0 Å². The van der Waals surface area contributed by atoms with E-state index >= 15 is 0 Å². The molecule has 0 fully saturated rings. The molecule has 4 unspecified atom stereocenters. The van der Waals surface area contributed by atoms with Crippen LogP contribution in [0, 0.1) is 0 Å². The zero-order chi connectivity index (χ0) is 20.3. The first-order chi connectivity index (χ1) is 12.1. The molecule has 0 aliphatic rings. The number of amides is 3. The maximum atomic E-state index is 12.3. The number of nitrogens with one attached hydrogen (secondary N) is 3. The molecule has 0 aromatic carbocycles. The van der Waals surface area contributed by atoms with Crippen molar-refractivity contribution in [2.24, 2.45) is 5.73 Å². The number of hydrogen-bond acceptors (Lipinski definition) is 8. The lowest BCUT2D eigenvalue weighted by Gasteiger charge is -2.23. The molecule has 0 radical (unpaired) electrons. The molecule has 8 N–H and O–H groups in total. The molecule has 0 heterocycles. The molecule has 0 aliphatic carbocycles. The monoisotopic (exact) mass is 394 g/mol. The third kappa shape index (κ3) is 8.99. The van der Waals surface area contributed by atoms with Crippen LogP contribution in [0.4, 0.5) is 0 Å². The summed E-state index contributed by atoms with van der Waals surface area (Å²) in [7, 11) is 0. The van der Waals surface area contributed by atoms with Gasteiger partial charge in [-0.05, 0) is 25.4 Å². The molecular formula is C14H26N4O7S. The zero-order valence-corrected chi connectivity index (χ0v) is 15.4. The first-order valence-electron chi connectivity index (χ1n) is 7.77. The van der Waals surface area contributed by atoms with Crippen molar-refractivity contribution in [2.75, 3.05) is 25.2 Å². The van der Waals surface area contributed by atoms with Crippen LogP contribution < -0.4 is 21.7 Å². The Bertz CT molecular complexity index is 504. The van der Waals surface area contributed by atoms with Gasteiger partial charge in [0.05, 0.1) is 12.7 Å². The van der Waals surface area contributed by atoms with Crippen LogP contribution in [0.15, 0.2) is 0 Å². The van der Waals surface area contributed by atoms with E-state index in [0.29, 0.717) is 5.75 Å². The summed E-state index contributed by atoms with van der Waals surface area (Å²) in [5, 5.41) is 33.8. The standard InChI is InChI=1S/C14H26N4O7S/c1-7(20)11(15)14(25)17-8(3-4-26-2)13(24)18-9(6-19)12(23)16-5-10(21)22/h7-9,11,19-20H,3-6,15H2,1-2H3,(H,16,23)(H,17,25)(H,18,24)(H,21,22). The van der Waals surface area contributed by atoms with E-state index in [4.69, 9.17) is 10.8 Å². The lowest BCUT2D eigenvalue weighted by atomic mass is 10.1. The number of carboxylic acids is 1. The third-order valence-electron chi connectivity index (χ3n) is 3.30. The Balaban J connectivity index is 4.95. The summed E-state index contributed by atoms with van der Waals surface area (Å²) in [6.45, 7) is -0.0928. The molecule has 0 aliphatic heterocycles. The average Bonchev–Trinajstić information content (AvgIpc) is 2.59. The van der Waals surface area contributed by atoms with Gasteiger partial charge in [-0.25, -0.2) is 0 Å². The van der Waals surface area contributed by atoms with Gasteiger partial charge in [0, 0.05) is 0 Å². The van der Waals surface area contributed by atoms with E-state index in [2.05, 4.69) is 10.6 Å². The fraction of sp³-hybridized carbons (Fsp3) is 0.714. The molecule has 0 aromatic heterocycles. The van der Waals surface area contributed by atoms with Crippen LogP contribution in [0.1, 0.15) is 13.3 Å². The lowest BCUT2D eigenvalue weighted by molar-refractivity contribution is -0.139. The highest BCUT2D eigenvalue weighted by Crippen LogP contribution is 2.03. The van der Waals surface area contributed by atoms with Crippen molar-refractivity contribution in [3.05, 3.63) is 0 Å². The van der Waals surface area contributed by atoms with E-state index in [-0.39, 0.29) is 6.42 Å². The zero-order valence-electron chi connectivity index (χ0n) is 14.6. The third-order valence-corrected chi connectivity index (χ3v) is 3.94. The van der Waals surface area contributed by atoms with E-state index in [1.165, 1.54) is 18.7 Å². The minimum atomic E-state index is -1.37. The smallest absolute Gasteiger partial charge is 0.322 e. The number of carbonyl (C=O) groups is 4. The molecule has 26 heavy (non-hydrogen) atoms. The summed E-state index contributed by atoms with van der Waals surface area (Å²) in [6, 6.07) is -3.64. The Labute approximate surface area is 155 Å². The number of aliphatic hydroxyl groups excluding tert-OH is 2. The number of nitrogens with two attached hydrogens (primary N) is 1. The van der Waals surface area contributed by atoms with Gasteiger partial charge in [-0.15, -0.1) is 0 Å². The van der Waals surface area contributed by atoms with E-state index in [1.54, 1.807) is 6.26 Å². The summed E-state index contributed by atoms with van der Waals surface area (Å²) < 4.78 is 0. The van der Waals surface area contributed by atoms with Crippen molar-refractivity contribution >= 4 is 35.5 Å². The highest BCUT2D eigenvalue weighted by molar-refractivity contribution is 7.98. The molecule has 0 rings (SSSR count). The van der Waals surface area contributed by atoms with Gasteiger partial charge >= 0.3 is 5.97 Å². The largest absolute Gasteiger partial charge is 0.480 e. The van der Waals surface area contributed by atoms with Crippen molar-refractivity contribution in [2.45, 2.75) is 37.6 Å². The molecule has 0 saturated carbocycles. The highest BCUT2D eigenvalue weighted by atomic mass is 32.2. The molecule has 4 atom stereocenters. The second kappa shape index (κ2) is 12.5. The Hall–Kier alpha value is -1.89. The average molecular weight is 394 g/mol. The van der Waals surface area contributed by atoms with Gasteiger partial charge < -0.3 is 37.0 Å². The van der Waals surface area contributed by atoms with Gasteiger partial charge in [0.25, 0.3) is 0 Å². The molecule has 0 saturated heterocycles. The predicted molar refractivity (Wildman–Crippen MR) is 94.2 cm³/mol. The van der Waals surface area contributed by atoms with Gasteiger partial charge in [0.15, 0.2) is 0 Å². The number of hydrogen-bond donors (Lipinski definition) is 7. The van der Waals surface area contributed by atoms with Crippen LogP contribution in [0.2, 0.25) is 0 Å². The Morgan fingerprint density at radius 3 is 2.12 bits per heavy atom. The number of aliphatic hydroxyl groups is 2. The van der Waals surface area contributed by atoms with Gasteiger partial charge in [0.1, 0.15) is 24.7 Å². The van der Waals surface area contributed by atoms with Crippen molar-refractivity contribution < 1.29 is 34.5 Å². The van der Waals surface area contributed by atoms with Gasteiger partial charge in [-0.2, -0.15) is 11.8 Å². The molecular weight excluding hydrogens is 368 g/mol. The fourth-order valence-corrected chi connectivity index (χ4v) is 2.22. The molecule has 150 valence electrons. The van der Waals surface area contributed by atoms with Crippen molar-refractivity contribution in [1.29, 1.82) is 0 Å². The van der Waals surface area contributed by atoms with Gasteiger partial charge in [-0.3, -0.25) is 19.2 Å². The molecule has 3 amide bonds. The Kier molecular flexibility index (Phi) is 11.6. The summed E-state index contributed by atoms with van der Waals surface area (Å²) in [5.74, 6) is -3.12. The van der Waals surface area contributed by atoms with Crippen LogP contribution in [-0.2, 0) is 19.2 Å². The number of rotatable bonds is 12. The second-order valence-corrected chi connectivity index (χ2v) is 6.45. The highest BCUT2D eigenvalue weighted by Gasteiger charge is 2.28. The molecule has 11 nitrogen and oxygen atoms in total. The predicted octanol–water partition coefficient (Wildman–Crippen LogP) is -3.39. The van der Waals surface area contributed by atoms with E-state index in [9.17, 15) is 29.4 Å². The summed E-state index contributed by atoms with van der Waals surface area (Å²) in [4.78, 5) is 46.5. The molecule has 0 bridgehead atoms. The van der Waals surface area contributed by atoms with Crippen LogP contribution in [0.25, 0.3) is 0 Å². The number of aliphatic carboxylic acids is 1. The maximum absolute atomic E-state index is 12.3. The van der Waals surface area contributed by atoms with Gasteiger partial charge in [0.2, 0.25) is 17.7 Å². The summed E-state index contributed by atoms with van der Waals surface area (Å²) in [6.07, 6.45) is 0.903. The minimum absolute atomic E-state index is 0.222. The van der Waals surface area contributed by atoms with Crippen LogP contribution in [0.3, 0.4) is 0 Å². The first kappa shape index (κ1) is 24.1. The van der Waals surface area contributed by atoms with Crippen LogP contribution in [0.5, 0.6) is 0 Å². The van der Waals surface area contributed by atoms with Crippen molar-refractivity contribution in [1.82, 2.24) is 16.0 Å². The number of thioether (sulfide) groups is 1. The maximum Gasteiger partial charge on any atom is 0.322 e. The van der Waals surface area contributed by atoms with Crippen LogP contribution in [-0.4, -0.2) is 88.4 Å². The van der Waals surface area contributed by atoms with Gasteiger partial charge in [-0.1, -0.05) is 0 Å². The lowest BCUT2D eigenvalue weighted by Crippen LogP contribution is -2.58. The molecule has 12 heteroatoms. The van der Waals surface area contributed by atoms with Crippen LogP contribution >= 0.6 is 11.8 Å². The fourth-order valence-electron chi connectivity index (χ4n) is 1.74. The Morgan fingerprint density at radius 1 is 1.08 bits per heavy atom.